The van der Waals surface area contributed by atoms with Crippen molar-refractivity contribution in [2.45, 2.75) is 32.7 Å². The molecule has 0 bridgehead atoms. The van der Waals surface area contributed by atoms with Gasteiger partial charge in [0.2, 0.25) is 0 Å². The van der Waals surface area contributed by atoms with E-state index >= 15 is 0 Å². The SMILES string of the molecule is Cc1ccc(-c2ccc([C@H]3[C@H](N)C3(C)C)o2)cc1. The van der Waals surface area contributed by atoms with Crippen molar-refractivity contribution in [3.63, 3.8) is 0 Å². The molecule has 3 rings (SSSR count). The minimum absolute atomic E-state index is 0.169. The number of hydrogen-bond donors (Lipinski definition) is 1. The normalized spacial score (nSPS) is 25.1. The first kappa shape index (κ1) is 11.5. The lowest BCUT2D eigenvalue weighted by atomic mass is 10.1. The molecule has 2 heteroatoms. The molecule has 2 nitrogen and oxygen atoms in total. The zero-order valence-electron chi connectivity index (χ0n) is 11.1. The lowest BCUT2D eigenvalue weighted by molar-refractivity contribution is 0.492. The summed E-state index contributed by atoms with van der Waals surface area (Å²) in [6.07, 6.45) is 0. The van der Waals surface area contributed by atoms with Crippen LogP contribution >= 0.6 is 0 Å². The monoisotopic (exact) mass is 241 g/mol. The van der Waals surface area contributed by atoms with Crippen molar-refractivity contribution in [2.75, 3.05) is 0 Å². The van der Waals surface area contributed by atoms with Crippen LogP contribution in [0.2, 0.25) is 0 Å². The summed E-state index contributed by atoms with van der Waals surface area (Å²) in [4.78, 5) is 0. The van der Waals surface area contributed by atoms with Gasteiger partial charge in [0.1, 0.15) is 11.5 Å². The third-order valence-electron chi connectivity index (χ3n) is 4.18. The van der Waals surface area contributed by atoms with Gasteiger partial charge >= 0.3 is 0 Å². The molecular formula is C16H19NO. The molecule has 1 fully saturated rings. The fourth-order valence-corrected chi connectivity index (χ4v) is 2.61. The van der Waals surface area contributed by atoms with Crippen molar-refractivity contribution in [1.82, 2.24) is 0 Å². The van der Waals surface area contributed by atoms with E-state index in [4.69, 9.17) is 10.2 Å². The molecule has 1 aromatic carbocycles. The quantitative estimate of drug-likeness (QED) is 0.870. The van der Waals surface area contributed by atoms with Crippen LogP contribution in [-0.2, 0) is 0 Å². The molecule has 94 valence electrons. The Morgan fingerprint density at radius 1 is 1.06 bits per heavy atom. The Morgan fingerprint density at radius 2 is 1.67 bits per heavy atom. The fourth-order valence-electron chi connectivity index (χ4n) is 2.61. The van der Waals surface area contributed by atoms with Gasteiger partial charge in [-0.2, -0.15) is 0 Å². The lowest BCUT2D eigenvalue weighted by Gasteiger charge is -2.00. The summed E-state index contributed by atoms with van der Waals surface area (Å²) < 4.78 is 5.96. The van der Waals surface area contributed by atoms with E-state index in [0.29, 0.717) is 5.92 Å². The molecule has 1 heterocycles. The molecule has 1 aliphatic rings. The summed E-state index contributed by atoms with van der Waals surface area (Å²) >= 11 is 0. The van der Waals surface area contributed by atoms with Crippen molar-refractivity contribution in [1.29, 1.82) is 0 Å². The second-order valence-corrected chi connectivity index (χ2v) is 5.89. The summed E-state index contributed by atoms with van der Waals surface area (Å²) in [7, 11) is 0. The Kier molecular flexibility index (Phi) is 2.39. The fraction of sp³-hybridized carbons (Fsp3) is 0.375. The van der Waals surface area contributed by atoms with Crippen LogP contribution in [0.25, 0.3) is 11.3 Å². The highest BCUT2D eigenvalue weighted by Crippen LogP contribution is 2.57. The topological polar surface area (TPSA) is 39.2 Å². The van der Waals surface area contributed by atoms with E-state index in [2.05, 4.69) is 51.1 Å². The van der Waals surface area contributed by atoms with Crippen LogP contribution in [0.15, 0.2) is 40.8 Å². The lowest BCUT2D eigenvalue weighted by Crippen LogP contribution is -2.06. The van der Waals surface area contributed by atoms with Crippen LogP contribution in [0.1, 0.15) is 31.1 Å². The molecule has 0 spiro atoms. The Balaban J connectivity index is 1.89. The first-order valence-electron chi connectivity index (χ1n) is 6.42. The molecule has 2 aromatic rings. The van der Waals surface area contributed by atoms with Gasteiger partial charge in [0, 0.05) is 17.5 Å². The predicted octanol–water partition coefficient (Wildman–Crippen LogP) is 3.71. The summed E-state index contributed by atoms with van der Waals surface area (Å²) in [5, 5.41) is 0. The van der Waals surface area contributed by atoms with E-state index < -0.39 is 0 Å². The van der Waals surface area contributed by atoms with Crippen molar-refractivity contribution in [3.8, 4) is 11.3 Å². The first-order valence-corrected chi connectivity index (χ1v) is 6.42. The van der Waals surface area contributed by atoms with Crippen LogP contribution in [0.5, 0.6) is 0 Å². The molecule has 0 saturated heterocycles. The van der Waals surface area contributed by atoms with Crippen LogP contribution in [0, 0.1) is 12.3 Å². The van der Waals surface area contributed by atoms with Crippen molar-refractivity contribution in [2.24, 2.45) is 11.1 Å². The van der Waals surface area contributed by atoms with Gasteiger partial charge in [0.05, 0.1) is 0 Å². The number of nitrogens with two attached hydrogens (primary N) is 1. The van der Waals surface area contributed by atoms with Crippen LogP contribution in [-0.4, -0.2) is 6.04 Å². The maximum atomic E-state index is 6.08. The van der Waals surface area contributed by atoms with Gasteiger partial charge < -0.3 is 10.2 Å². The number of aryl methyl sites for hydroxylation is 1. The van der Waals surface area contributed by atoms with E-state index in [-0.39, 0.29) is 11.5 Å². The Morgan fingerprint density at radius 3 is 2.22 bits per heavy atom. The highest BCUT2D eigenvalue weighted by atomic mass is 16.3. The van der Waals surface area contributed by atoms with E-state index in [0.717, 1.165) is 17.1 Å². The number of rotatable bonds is 2. The Hall–Kier alpha value is -1.54. The molecule has 2 atom stereocenters. The zero-order chi connectivity index (χ0) is 12.9. The maximum absolute atomic E-state index is 6.08. The van der Waals surface area contributed by atoms with Crippen LogP contribution in [0.4, 0.5) is 0 Å². The molecule has 1 aliphatic carbocycles. The highest BCUT2D eigenvalue weighted by molar-refractivity contribution is 5.58. The molecule has 0 unspecified atom stereocenters. The molecule has 0 amide bonds. The van der Waals surface area contributed by atoms with Crippen LogP contribution in [0.3, 0.4) is 0 Å². The number of furan rings is 1. The van der Waals surface area contributed by atoms with Gasteiger partial charge in [-0.15, -0.1) is 0 Å². The zero-order valence-corrected chi connectivity index (χ0v) is 11.1. The third-order valence-corrected chi connectivity index (χ3v) is 4.18. The average molecular weight is 241 g/mol. The van der Waals surface area contributed by atoms with E-state index in [1.165, 1.54) is 5.56 Å². The highest BCUT2D eigenvalue weighted by Gasteiger charge is 2.57. The van der Waals surface area contributed by atoms with Gasteiger partial charge in [-0.25, -0.2) is 0 Å². The minimum atomic E-state index is 0.169. The average Bonchev–Trinajstić information content (AvgIpc) is 2.69. The second kappa shape index (κ2) is 3.72. The largest absolute Gasteiger partial charge is 0.461 e. The molecule has 1 aromatic heterocycles. The molecular weight excluding hydrogens is 222 g/mol. The first-order chi connectivity index (χ1) is 8.50. The molecule has 0 radical (unpaired) electrons. The van der Waals surface area contributed by atoms with Crippen molar-refractivity contribution >= 4 is 0 Å². The molecule has 18 heavy (non-hydrogen) atoms. The van der Waals surface area contributed by atoms with Crippen molar-refractivity contribution < 1.29 is 4.42 Å². The Bertz CT molecular complexity index is 565. The minimum Gasteiger partial charge on any atom is -0.461 e. The molecule has 0 aliphatic heterocycles. The number of hydrogen-bond acceptors (Lipinski definition) is 2. The standard InChI is InChI=1S/C16H19NO/c1-10-4-6-11(7-5-10)12-8-9-13(18-12)14-15(17)16(14,2)3/h4-9,14-15H,17H2,1-3H3/t14-,15-/m0/s1. The second-order valence-electron chi connectivity index (χ2n) is 5.89. The number of benzene rings is 1. The van der Waals surface area contributed by atoms with E-state index in [1.807, 2.05) is 6.07 Å². The van der Waals surface area contributed by atoms with E-state index in [9.17, 15) is 0 Å². The van der Waals surface area contributed by atoms with E-state index in [1.54, 1.807) is 0 Å². The molecule has 2 N–H and O–H groups in total. The smallest absolute Gasteiger partial charge is 0.134 e. The summed E-state index contributed by atoms with van der Waals surface area (Å²) in [5.41, 5.74) is 8.64. The van der Waals surface area contributed by atoms with Gasteiger partial charge in [-0.1, -0.05) is 43.7 Å². The summed E-state index contributed by atoms with van der Waals surface area (Å²) in [6, 6.07) is 12.7. The van der Waals surface area contributed by atoms with Gasteiger partial charge in [0.25, 0.3) is 0 Å². The third kappa shape index (κ3) is 1.68. The van der Waals surface area contributed by atoms with Gasteiger partial charge in [-0.3, -0.25) is 0 Å². The Labute approximate surface area is 108 Å². The van der Waals surface area contributed by atoms with Gasteiger partial charge in [0.15, 0.2) is 0 Å². The summed E-state index contributed by atoms with van der Waals surface area (Å²) in [6.45, 7) is 6.47. The maximum Gasteiger partial charge on any atom is 0.134 e. The summed E-state index contributed by atoms with van der Waals surface area (Å²) in [5.74, 6) is 2.31. The van der Waals surface area contributed by atoms with Crippen molar-refractivity contribution in [3.05, 3.63) is 47.7 Å². The predicted molar refractivity (Wildman–Crippen MR) is 73.4 cm³/mol. The van der Waals surface area contributed by atoms with Crippen LogP contribution < -0.4 is 5.73 Å². The molecule has 1 saturated carbocycles. The van der Waals surface area contributed by atoms with Gasteiger partial charge in [-0.05, 0) is 24.5 Å².